The standard InChI is InChI=1S/C14H15FN6/c1-3-21(11-7-5-4-6-10(11)15)13-9-8-17-20-12(9)18-14(16-2)19-13/h4-8H,3H2,1-2H3,(H2,16,17,18,19,20). The zero-order valence-electron chi connectivity index (χ0n) is 11.8. The van der Waals surface area contributed by atoms with E-state index in [9.17, 15) is 4.39 Å². The fraction of sp³-hybridized carbons (Fsp3) is 0.214. The van der Waals surface area contributed by atoms with E-state index in [4.69, 9.17) is 0 Å². The molecule has 1 aromatic carbocycles. The van der Waals surface area contributed by atoms with Crippen LogP contribution in [0.4, 0.5) is 21.8 Å². The Morgan fingerprint density at radius 3 is 2.81 bits per heavy atom. The van der Waals surface area contributed by atoms with Gasteiger partial charge in [0.1, 0.15) is 11.6 Å². The molecule has 108 valence electrons. The Labute approximate surface area is 121 Å². The molecule has 0 radical (unpaired) electrons. The van der Waals surface area contributed by atoms with Crippen LogP contribution >= 0.6 is 0 Å². The molecule has 0 bridgehead atoms. The Bertz CT molecular complexity index is 769. The number of fused-ring (bicyclic) bond motifs is 1. The van der Waals surface area contributed by atoms with E-state index in [0.29, 0.717) is 29.6 Å². The summed E-state index contributed by atoms with van der Waals surface area (Å²) < 4.78 is 14.1. The van der Waals surface area contributed by atoms with E-state index >= 15 is 0 Å². The Balaban J connectivity index is 2.21. The number of anilines is 3. The molecule has 0 aliphatic carbocycles. The monoisotopic (exact) mass is 286 g/mol. The fourth-order valence-electron chi connectivity index (χ4n) is 2.24. The Morgan fingerprint density at radius 1 is 1.29 bits per heavy atom. The smallest absolute Gasteiger partial charge is 0.226 e. The van der Waals surface area contributed by atoms with Crippen molar-refractivity contribution in [1.29, 1.82) is 0 Å². The molecule has 0 saturated heterocycles. The molecule has 0 amide bonds. The number of hydrogen-bond acceptors (Lipinski definition) is 5. The highest BCUT2D eigenvalue weighted by Crippen LogP contribution is 2.31. The van der Waals surface area contributed by atoms with E-state index in [1.54, 1.807) is 36.3 Å². The van der Waals surface area contributed by atoms with Gasteiger partial charge in [0.25, 0.3) is 0 Å². The summed E-state index contributed by atoms with van der Waals surface area (Å²) in [6.45, 7) is 2.51. The van der Waals surface area contributed by atoms with Crippen LogP contribution in [-0.4, -0.2) is 33.8 Å². The van der Waals surface area contributed by atoms with Gasteiger partial charge in [-0.2, -0.15) is 15.1 Å². The zero-order chi connectivity index (χ0) is 14.8. The molecule has 3 aromatic rings. The molecule has 2 N–H and O–H groups in total. The van der Waals surface area contributed by atoms with Crippen molar-refractivity contribution in [2.75, 3.05) is 23.8 Å². The van der Waals surface area contributed by atoms with Crippen LogP contribution in [-0.2, 0) is 0 Å². The number of nitrogens with one attached hydrogen (secondary N) is 2. The maximum atomic E-state index is 14.1. The maximum Gasteiger partial charge on any atom is 0.226 e. The van der Waals surface area contributed by atoms with Crippen molar-refractivity contribution in [2.45, 2.75) is 6.92 Å². The fourth-order valence-corrected chi connectivity index (χ4v) is 2.24. The van der Waals surface area contributed by atoms with Crippen molar-refractivity contribution in [3.05, 3.63) is 36.3 Å². The van der Waals surface area contributed by atoms with Crippen molar-refractivity contribution in [3.8, 4) is 0 Å². The van der Waals surface area contributed by atoms with Crippen LogP contribution in [0.15, 0.2) is 30.5 Å². The van der Waals surface area contributed by atoms with Crippen molar-refractivity contribution in [1.82, 2.24) is 20.2 Å². The van der Waals surface area contributed by atoms with Gasteiger partial charge in [-0.3, -0.25) is 5.10 Å². The summed E-state index contributed by atoms with van der Waals surface area (Å²) >= 11 is 0. The molecule has 3 rings (SSSR count). The van der Waals surface area contributed by atoms with Crippen LogP contribution in [0.1, 0.15) is 6.92 Å². The number of aromatic nitrogens is 4. The Hall–Kier alpha value is -2.70. The van der Waals surface area contributed by atoms with Gasteiger partial charge in [-0.05, 0) is 19.1 Å². The van der Waals surface area contributed by atoms with Gasteiger partial charge in [0.2, 0.25) is 5.95 Å². The number of aromatic amines is 1. The van der Waals surface area contributed by atoms with E-state index in [0.717, 1.165) is 5.39 Å². The first-order chi connectivity index (χ1) is 10.2. The number of H-pyrrole nitrogens is 1. The summed E-state index contributed by atoms with van der Waals surface area (Å²) in [5.41, 5.74) is 1.09. The van der Waals surface area contributed by atoms with E-state index in [1.807, 2.05) is 6.92 Å². The third-order valence-corrected chi connectivity index (χ3v) is 3.23. The largest absolute Gasteiger partial charge is 0.357 e. The number of halogens is 1. The van der Waals surface area contributed by atoms with Gasteiger partial charge in [-0.1, -0.05) is 12.1 Å². The minimum Gasteiger partial charge on any atom is -0.357 e. The van der Waals surface area contributed by atoms with Crippen molar-refractivity contribution >= 4 is 28.5 Å². The van der Waals surface area contributed by atoms with Crippen molar-refractivity contribution < 1.29 is 4.39 Å². The first kappa shape index (κ1) is 13.3. The summed E-state index contributed by atoms with van der Waals surface area (Å²) in [6, 6.07) is 6.63. The highest BCUT2D eigenvalue weighted by molar-refractivity contribution is 5.90. The minimum absolute atomic E-state index is 0.291. The summed E-state index contributed by atoms with van der Waals surface area (Å²) in [5, 5.41) is 10.5. The van der Waals surface area contributed by atoms with Gasteiger partial charge >= 0.3 is 0 Å². The Kier molecular flexibility index (Phi) is 3.39. The molecule has 0 fully saturated rings. The average Bonchev–Trinajstić information content (AvgIpc) is 2.98. The quantitative estimate of drug-likeness (QED) is 0.771. The summed E-state index contributed by atoms with van der Waals surface area (Å²) in [7, 11) is 1.74. The van der Waals surface area contributed by atoms with Crippen LogP contribution in [0.2, 0.25) is 0 Å². The molecule has 2 heterocycles. The number of para-hydroxylation sites is 1. The second-order valence-electron chi connectivity index (χ2n) is 4.45. The Morgan fingerprint density at radius 2 is 2.10 bits per heavy atom. The van der Waals surface area contributed by atoms with Crippen molar-refractivity contribution in [2.24, 2.45) is 0 Å². The zero-order valence-corrected chi connectivity index (χ0v) is 11.8. The predicted octanol–water partition coefficient (Wildman–Crippen LogP) is 2.69. The molecule has 6 nitrogen and oxygen atoms in total. The molecule has 21 heavy (non-hydrogen) atoms. The first-order valence-corrected chi connectivity index (χ1v) is 6.65. The van der Waals surface area contributed by atoms with E-state index < -0.39 is 0 Å². The molecule has 0 aliphatic rings. The second-order valence-corrected chi connectivity index (χ2v) is 4.45. The van der Waals surface area contributed by atoms with Gasteiger partial charge in [0.15, 0.2) is 5.65 Å². The summed E-state index contributed by atoms with van der Waals surface area (Å²) in [4.78, 5) is 10.5. The van der Waals surface area contributed by atoms with Gasteiger partial charge in [-0.25, -0.2) is 4.39 Å². The van der Waals surface area contributed by atoms with Crippen LogP contribution in [0.3, 0.4) is 0 Å². The normalized spacial score (nSPS) is 10.8. The first-order valence-electron chi connectivity index (χ1n) is 6.65. The highest BCUT2D eigenvalue weighted by atomic mass is 19.1. The minimum atomic E-state index is -0.291. The average molecular weight is 286 g/mol. The third-order valence-electron chi connectivity index (χ3n) is 3.23. The van der Waals surface area contributed by atoms with E-state index in [1.165, 1.54) is 6.07 Å². The van der Waals surface area contributed by atoms with Crippen LogP contribution in [0, 0.1) is 5.82 Å². The molecular weight excluding hydrogens is 271 g/mol. The second kappa shape index (κ2) is 5.35. The lowest BCUT2D eigenvalue weighted by Gasteiger charge is -2.23. The molecule has 2 aromatic heterocycles. The molecule has 0 unspecified atom stereocenters. The SMILES string of the molecule is CCN(c1ccccc1F)c1nc(NC)nc2[nH]ncc12. The molecule has 0 aliphatic heterocycles. The van der Waals surface area contributed by atoms with Gasteiger partial charge in [0.05, 0.1) is 17.3 Å². The topological polar surface area (TPSA) is 69.7 Å². The van der Waals surface area contributed by atoms with Gasteiger partial charge in [-0.15, -0.1) is 0 Å². The molecule has 0 saturated carbocycles. The predicted molar refractivity (Wildman–Crippen MR) is 80.3 cm³/mol. The summed E-state index contributed by atoms with van der Waals surface area (Å²) in [5.74, 6) is 0.780. The highest BCUT2D eigenvalue weighted by Gasteiger charge is 2.18. The summed E-state index contributed by atoms with van der Waals surface area (Å²) in [6.07, 6.45) is 1.65. The third kappa shape index (κ3) is 2.26. The van der Waals surface area contributed by atoms with Crippen LogP contribution in [0.25, 0.3) is 11.0 Å². The van der Waals surface area contributed by atoms with Gasteiger partial charge in [0, 0.05) is 13.6 Å². The number of benzene rings is 1. The molecule has 0 spiro atoms. The maximum absolute atomic E-state index is 14.1. The van der Waals surface area contributed by atoms with E-state index in [2.05, 4.69) is 25.5 Å². The molecular formula is C14H15FN6. The molecule has 0 atom stereocenters. The van der Waals surface area contributed by atoms with Crippen LogP contribution < -0.4 is 10.2 Å². The van der Waals surface area contributed by atoms with Gasteiger partial charge < -0.3 is 10.2 Å². The lowest BCUT2D eigenvalue weighted by molar-refractivity contribution is 0.625. The number of nitrogens with zero attached hydrogens (tertiary/aromatic N) is 4. The number of hydrogen-bond donors (Lipinski definition) is 2. The lowest BCUT2D eigenvalue weighted by Crippen LogP contribution is -2.19. The van der Waals surface area contributed by atoms with E-state index in [-0.39, 0.29) is 5.82 Å². The molecule has 7 heteroatoms. The number of rotatable bonds is 4. The van der Waals surface area contributed by atoms with Crippen molar-refractivity contribution in [3.63, 3.8) is 0 Å². The van der Waals surface area contributed by atoms with Crippen LogP contribution in [0.5, 0.6) is 0 Å². The lowest BCUT2D eigenvalue weighted by atomic mass is 10.2.